The van der Waals surface area contributed by atoms with Crippen LogP contribution in [0.3, 0.4) is 0 Å². The average molecular weight is 320 g/mol. The van der Waals surface area contributed by atoms with Gasteiger partial charge in [0.05, 0.1) is 4.47 Å². The third-order valence-electron chi connectivity index (χ3n) is 1.65. The molecule has 0 aliphatic rings. The van der Waals surface area contributed by atoms with Crippen LogP contribution in [0.4, 0.5) is 5.82 Å². The van der Waals surface area contributed by atoms with E-state index in [9.17, 15) is 0 Å². The fourth-order valence-corrected chi connectivity index (χ4v) is 2.07. The normalized spacial score (nSPS) is 9.93. The second-order valence-corrected chi connectivity index (χ2v) is 4.89. The molecule has 0 aliphatic carbocycles. The molecule has 76 valence electrons. The van der Waals surface area contributed by atoms with E-state index in [1.807, 2.05) is 13.0 Å². The predicted molar refractivity (Wildman–Crippen MR) is 67.6 cm³/mol. The van der Waals surface area contributed by atoms with E-state index < -0.39 is 0 Å². The van der Waals surface area contributed by atoms with Crippen molar-refractivity contribution in [2.45, 2.75) is 13.3 Å². The number of aromatic nitrogens is 1. The Hall–Kier alpha value is -0.350. The molecule has 0 aromatic carbocycles. The molecule has 0 saturated carbocycles. The van der Waals surface area contributed by atoms with Crippen LogP contribution in [-0.2, 0) is 0 Å². The van der Waals surface area contributed by atoms with Crippen LogP contribution in [-0.4, -0.2) is 11.5 Å². The molecule has 1 heterocycles. The van der Waals surface area contributed by atoms with Crippen molar-refractivity contribution in [1.82, 2.24) is 4.98 Å². The standard InChI is InChI=1S/C10H12Br2N2/c1-7(2)3-4-13-10-9(12)5-8(11)6-14-10/h5-6H,1,3-4H2,2H3,(H,13,14). The Kier molecular flexibility index (Phi) is 4.62. The van der Waals surface area contributed by atoms with E-state index in [0.717, 1.165) is 27.7 Å². The van der Waals surface area contributed by atoms with Gasteiger partial charge in [-0.15, -0.1) is 6.58 Å². The first kappa shape index (κ1) is 11.7. The highest BCUT2D eigenvalue weighted by Gasteiger charge is 2.00. The van der Waals surface area contributed by atoms with Gasteiger partial charge in [0.1, 0.15) is 5.82 Å². The Balaban J connectivity index is 2.55. The van der Waals surface area contributed by atoms with Crippen molar-refractivity contribution < 1.29 is 0 Å². The Morgan fingerprint density at radius 1 is 1.57 bits per heavy atom. The van der Waals surface area contributed by atoms with Crippen LogP contribution in [0, 0.1) is 0 Å². The lowest BCUT2D eigenvalue weighted by molar-refractivity contribution is 0.988. The molecule has 14 heavy (non-hydrogen) atoms. The number of nitrogens with one attached hydrogen (secondary N) is 1. The molecule has 1 rings (SSSR count). The van der Waals surface area contributed by atoms with E-state index in [1.165, 1.54) is 5.57 Å². The third kappa shape index (κ3) is 3.80. The molecule has 1 aromatic rings. The zero-order valence-electron chi connectivity index (χ0n) is 7.98. The second kappa shape index (κ2) is 5.51. The first-order chi connectivity index (χ1) is 6.59. The number of nitrogens with zero attached hydrogens (tertiary/aromatic N) is 1. The Bertz CT molecular complexity index is 337. The molecule has 0 atom stereocenters. The van der Waals surface area contributed by atoms with E-state index in [-0.39, 0.29) is 0 Å². The minimum Gasteiger partial charge on any atom is -0.369 e. The molecular weight excluding hydrogens is 308 g/mol. The fraction of sp³-hybridized carbons (Fsp3) is 0.300. The van der Waals surface area contributed by atoms with Gasteiger partial charge in [0.15, 0.2) is 0 Å². The van der Waals surface area contributed by atoms with Crippen LogP contribution in [0.25, 0.3) is 0 Å². The molecule has 0 amide bonds. The molecule has 0 unspecified atom stereocenters. The molecule has 0 saturated heterocycles. The molecule has 1 N–H and O–H groups in total. The van der Waals surface area contributed by atoms with E-state index in [2.05, 4.69) is 48.7 Å². The van der Waals surface area contributed by atoms with Crippen LogP contribution in [0.5, 0.6) is 0 Å². The van der Waals surface area contributed by atoms with Gasteiger partial charge in [0.25, 0.3) is 0 Å². The molecule has 0 fully saturated rings. The summed E-state index contributed by atoms with van der Waals surface area (Å²) < 4.78 is 1.93. The summed E-state index contributed by atoms with van der Waals surface area (Å²) in [6.07, 6.45) is 2.73. The van der Waals surface area contributed by atoms with Gasteiger partial charge in [-0.25, -0.2) is 4.98 Å². The molecule has 0 bridgehead atoms. The molecule has 2 nitrogen and oxygen atoms in total. The van der Waals surface area contributed by atoms with Crippen molar-refractivity contribution in [3.05, 3.63) is 33.4 Å². The van der Waals surface area contributed by atoms with Crippen LogP contribution < -0.4 is 5.32 Å². The number of pyridine rings is 1. The maximum absolute atomic E-state index is 4.24. The highest BCUT2D eigenvalue weighted by atomic mass is 79.9. The highest BCUT2D eigenvalue weighted by molar-refractivity contribution is 9.11. The Labute approximate surface area is 101 Å². The fourth-order valence-electron chi connectivity index (χ4n) is 0.939. The zero-order chi connectivity index (χ0) is 10.6. The summed E-state index contributed by atoms with van der Waals surface area (Å²) in [7, 11) is 0. The first-order valence-electron chi connectivity index (χ1n) is 4.29. The van der Waals surface area contributed by atoms with Crippen molar-refractivity contribution in [1.29, 1.82) is 0 Å². The summed E-state index contributed by atoms with van der Waals surface area (Å²) in [5.74, 6) is 0.870. The number of rotatable bonds is 4. The molecular formula is C10H12Br2N2. The quantitative estimate of drug-likeness (QED) is 0.849. The summed E-state index contributed by atoms with van der Waals surface area (Å²) in [6.45, 7) is 6.73. The lowest BCUT2D eigenvalue weighted by Gasteiger charge is -2.07. The van der Waals surface area contributed by atoms with Gasteiger partial charge in [-0.3, -0.25) is 0 Å². The molecule has 4 heteroatoms. The Morgan fingerprint density at radius 2 is 2.29 bits per heavy atom. The van der Waals surface area contributed by atoms with Crippen LogP contribution >= 0.6 is 31.9 Å². The summed E-state index contributed by atoms with van der Waals surface area (Å²) in [5, 5.41) is 3.23. The van der Waals surface area contributed by atoms with Gasteiger partial charge in [0.2, 0.25) is 0 Å². The maximum atomic E-state index is 4.24. The van der Waals surface area contributed by atoms with E-state index in [4.69, 9.17) is 0 Å². The topological polar surface area (TPSA) is 24.9 Å². The summed E-state index contributed by atoms with van der Waals surface area (Å²) in [4.78, 5) is 4.24. The van der Waals surface area contributed by atoms with Gasteiger partial charge < -0.3 is 5.32 Å². The molecule has 1 aromatic heterocycles. The number of anilines is 1. The van der Waals surface area contributed by atoms with E-state index >= 15 is 0 Å². The maximum Gasteiger partial charge on any atom is 0.140 e. The van der Waals surface area contributed by atoms with Gasteiger partial charge >= 0.3 is 0 Å². The second-order valence-electron chi connectivity index (χ2n) is 3.12. The largest absolute Gasteiger partial charge is 0.369 e. The van der Waals surface area contributed by atoms with E-state index in [1.54, 1.807) is 6.20 Å². The van der Waals surface area contributed by atoms with Gasteiger partial charge in [0, 0.05) is 17.2 Å². The summed E-state index contributed by atoms with van der Waals surface area (Å²) >= 11 is 6.79. The van der Waals surface area contributed by atoms with Crippen LogP contribution in [0.1, 0.15) is 13.3 Å². The number of hydrogen-bond acceptors (Lipinski definition) is 2. The molecule has 0 radical (unpaired) electrons. The van der Waals surface area contributed by atoms with Gasteiger partial charge in [-0.05, 0) is 51.3 Å². The number of hydrogen-bond donors (Lipinski definition) is 1. The highest BCUT2D eigenvalue weighted by Crippen LogP contribution is 2.23. The van der Waals surface area contributed by atoms with Gasteiger partial charge in [-0.1, -0.05) is 5.57 Å². The summed E-state index contributed by atoms with van der Waals surface area (Å²) in [5.41, 5.74) is 1.17. The average Bonchev–Trinajstić information content (AvgIpc) is 2.08. The lowest BCUT2D eigenvalue weighted by Crippen LogP contribution is -2.03. The zero-order valence-corrected chi connectivity index (χ0v) is 11.2. The SMILES string of the molecule is C=C(C)CCNc1ncc(Br)cc1Br. The van der Waals surface area contributed by atoms with Gasteiger partial charge in [-0.2, -0.15) is 0 Å². The van der Waals surface area contributed by atoms with Crippen molar-refractivity contribution in [2.24, 2.45) is 0 Å². The van der Waals surface area contributed by atoms with Crippen molar-refractivity contribution >= 4 is 37.7 Å². The molecule has 0 aliphatic heterocycles. The number of halogens is 2. The smallest absolute Gasteiger partial charge is 0.140 e. The van der Waals surface area contributed by atoms with Crippen molar-refractivity contribution in [3.63, 3.8) is 0 Å². The first-order valence-corrected chi connectivity index (χ1v) is 5.87. The minimum atomic E-state index is 0.864. The summed E-state index contributed by atoms with van der Waals surface area (Å²) in [6, 6.07) is 1.97. The predicted octanol–water partition coefficient (Wildman–Crippen LogP) is 3.98. The Morgan fingerprint density at radius 3 is 2.86 bits per heavy atom. The minimum absolute atomic E-state index is 0.864. The third-order valence-corrected chi connectivity index (χ3v) is 2.69. The molecule has 0 spiro atoms. The van der Waals surface area contributed by atoms with Crippen molar-refractivity contribution in [3.8, 4) is 0 Å². The van der Waals surface area contributed by atoms with Crippen LogP contribution in [0.2, 0.25) is 0 Å². The van der Waals surface area contributed by atoms with Crippen molar-refractivity contribution in [2.75, 3.05) is 11.9 Å². The van der Waals surface area contributed by atoms with E-state index in [0.29, 0.717) is 0 Å². The van der Waals surface area contributed by atoms with Crippen LogP contribution in [0.15, 0.2) is 33.4 Å². The monoisotopic (exact) mass is 318 g/mol. The lowest BCUT2D eigenvalue weighted by atomic mass is 10.2.